The molecule has 168 valence electrons. The van der Waals surface area contributed by atoms with Crippen LogP contribution in [-0.4, -0.2) is 0 Å². The molecule has 0 unspecified atom stereocenters. The van der Waals surface area contributed by atoms with Crippen LogP contribution >= 0.6 is 31.9 Å². The Morgan fingerprint density at radius 2 is 0.857 bits per heavy atom. The van der Waals surface area contributed by atoms with Crippen LogP contribution in [0.15, 0.2) is 118 Å². The van der Waals surface area contributed by atoms with E-state index < -0.39 is 0 Å². The molecule has 0 fully saturated rings. The summed E-state index contributed by atoms with van der Waals surface area (Å²) in [4.78, 5) is 0. The van der Waals surface area contributed by atoms with Gasteiger partial charge in [0.2, 0.25) is 0 Å². The summed E-state index contributed by atoms with van der Waals surface area (Å²) in [5.74, 6) is 0. The lowest BCUT2D eigenvalue weighted by atomic mass is 9.74. The van der Waals surface area contributed by atoms with Gasteiger partial charge in [0.25, 0.3) is 0 Å². The molecule has 1 spiro atoms. The van der Waals surface area contributed by atoms with E-state index in [4.69, 9.17) is 0 Å². The van der Waals surface area contributed by atoms with Gasteiger partial charge in [-0.15, -0.1) is 0 Å². The van der Waals surface area contributed by atoms with Crippen LogP contribution in [0.1, 0.15) is 22.3 Å². The molecule has 0 atom stereocenters. The minimum Gasteiger partial charge on any atom is -0.0620 e. The van der Waals surface area contributed by atoms with Crippen LogP contribution in [0.2, 0.25) is 0 Å². The van der Waals surface area contributed by atoms with Crippen LogP contribution in [0.4, 0.5) is 0 Å². The highest BCUT2D eigenvalue weighted by Gasteiger charge is 2.47. The Balaban J connectivity index is 1.43. The molecule has 0 heterocycles. The lowest BCUT2D eigenvalue weighted by Gasteiger charge is -2.27. The Labute approximate surface area is 222 Å². The second kappa shape index (κ2) is 8.05. The van der Waals surface area contributed by atoms with E-state index in [9.17, 15) is 0 Å². The van der Waals surface area contributed by atoms with Crippen LogP contribution < -0.4 is 0 Å². The van der Waals surface area contributed by atoms with E-state index in [1.165, 1.54) is 55.6 Å². The average Bonchev–Trinajstić information content (AvgIpc) is 3.41. The summed E-state index contributed by atoms with van der Waals surface area (Å²) in [5.41, 5.74) is 13.7. The first-order valence-electron chi connectivity index (χ1n) is 12.0. The van der Waals surface area contributed by atoms with Gasteiger partial charge in [-0.05, 0) is 105 Å². The Bertz CT molecular complexity index is 1470. The zero-order chi connectivity index (χ0) is 23.6. The molecule has 0 saturated heterocycles. The highest BCUT2D eigenvalue weighted by atomic mass is 79.9. The molecule has 0 amide bonds. The first kappa shape index (κ1) is 21.4. The van der Waals surface area contributed by atoms with Gasteiger partial charge in [-0.2, -0.15) is 0 Å². The number of fused-ring (bicyclic) bond motifs is 6. The molecule has 0 radical (unpaired) electrons. The number of hydrogen-bond acceptors (Lipinski definition) is 0. The molecule has 0 nitrogen and oxygen atoms in total. The third-order valence-corrected chi connectivity index (χ3v) is 8.88. The van der Waals surface area contributed by atoms with Gasteiger partial charge < -0.3 is 0 Å². The fourth-order valence-corrected chi connectivity index (χ4v) is 6.66. The minimum atomic E-state index is -0.0227. The summed E-state index contributed by atoms with van der Waals surface area (Å²) in [6.45, 7) is 0. The maximum atomic E-state index is 3.58. The molecular weight excluding hydrogens is 556 g/mol. The number of halogens is 2. The fourth-order valence-electron chi connectivity index (χ4n) is 6.14. The summed E-state index contributed by atoms with van der Waals surface area (Å²) in [6.07, 6.45) is 2.10. The monoisotopic (exact) mass is 576 g/mol. The summed E-state index contributed by atoms with van der Waals surface area (Å²) >= 11 is 7.16. The van der Waals surface area contributed by atoms with Gasteiger partial charge in [0.1, 0.15) is 0 Å². The third kappa shape index (κ3) is 3.38. The smallest absolute Gasteiger partial charge is 0.0296 e. The SMILES string of the molecule is Brc1ccc(-c2ccc3c(c2)C2(Cc4ccccc4C2)c2cc(-c4ccc(Br)cc4)ccc2-3)cc1. The highest BCUT2D eigenvalue weighted by molar-refractivity contribution is 9.10. The Hall–Kier alpha value is -2.94. The zero-order valence-electron chi connectivity index (χ0n) is 19.1. The molecule has 0 saturated carbocycles. The van der Waals surface area contributed by atoms with E-state index in [1.54, 1.807) is 0 Å². The quantitative estimate of drug-likeness (QED) is 0.196. The maximum Gasteiger partial charge on any atom is 0.0296 e. The normalized spacial score (nSPS) is 14.6. The van der Waals surface area contributed by atoms with Crippen molar-refractivity contribution in [3.8, 4) is 33.4 Å². The number of benzene rings is 5. The Kier molecular flexibility index (Phi) is 4.91. The van der Waals surface area contributed by atoms with Gasteiger partial charge >= 0.3 is 0 Å². The summed E-state index contributed by atoms with van der Waals surface area (Å²) in [5, 5.41) is 0. The molecule has 5 aromatic carbocycles. The van der Waals surface area contributed by atoms with Crippen LogP contribution in [-0.2, 0) is 18.3 Å². The van der Waals surface area contributed by atoms with E-state index in [2.05, 4.69) is 141 Å². The van der Waals surface area contributed by atoms with Gasteiger partial charge in [0.05, 0.1) is 0 Å². The van der Waals surface area contributed by atoms with Crippen LogP contribution in [0.25, 0.3) is 33.4 Å². The maximum absolute atomic E-state index is 3.58. The molecule has 0 aromatic heterocycles. The molecule has 35 heavy (non-hydrogen) atoms. The van der Waals surface area contributed by atoms with E-state index in [0.717, 1.165) is 21.8 Å². The second-order valence-electron chi connectivity index (χ2n) is 9.74. The third-order valence-electron chi connectivity index (χ3n) is 7.82. The van der Waals surface area contributed by atoms with Gasteiger partial charge in [0.15, 0.2) is 0 Å². The van der Waals surface area contributed by atoms with Gasteiger partial charge in [-0.1, -0.05) is 105 Å². The van der Waals surface area contributed by atoms with E-state index >= 15 is 0 Å². The number of rotatable bonds is 2. The van der Waals surface area contributed by atoms with Crippen molar-refractivity contribution in [1.29, 1.82) is 0 Å². The van der Waals surface area contributed by atoms with Crippen molar-refractivity contribution in [3.63, 3.8) is 0 Å². The number of hydrogen-bond donors (Lipinski definition) is 0. The van der Waals surface area contributed by atoms with Crippen molar-refractivity contribution >= 4 is 31.9 Å². The van der Waals surface area contributed by atoms with E-state index in [1.807, 2.05) is 0 Å². The topological polar surface area (TPSA) is 0 Å². The lowest BCUT2D eigenvalue weighted by Crippen LogP contribution is -2.25. The first-order valence-corrected chi connectivity index (χ1v) is 13.6. The standard InChI is InChI=1S/C33H22Br2/c34-27-11-5-21(6-12-27)23-9-15-29-30-16-10-24(22-7-13-28(35)14-8-22)18-32(30)33(31(29)17-23)19-25-3-1-2-4-26(25)20-33/h1-18H,19-20H2. The minimum absolute atomic E-state index is 0.0227. The summed E-state index contributed by atoms with van der Waals surface area (Å²) < 4.78 is 2.22. The molecule has 0 aliphatic heterocycles. The fraction of sp³-hybridized carbons (Fsp3) is 0.0909. The summed E-state index contributed by atoms with van der Waals surface area (Å²) in [6, 6.07) is 40.5. The largest absolute Gasteiger partial charge is 0.0620 e. The van der Waals surface area contributed by atoms with Gasteiger partial charge in [0, 0.05) is 14.4 Å². The van der Waals surface area contributed by atoms with Crippen molar-refractivity contribution in [1.82, 2.24) is 0 Å². The molecule has 2 aliphatic carbocycles. The Morgan fingerprint density at radius 1 is 0.457 bits per heavy atom. The van der Waals surface area contributed by atoms with E-state index in [0.29, 0.717) is 0 Å². The zero-order valence-corrected chi connectivity index (χ0v) is 22.2. The lowest BCUT2D eigenvalue weighted by molar-refractivity contribution is 0.564. The molecule has 7 rings (SSSR count). The average molecular weight is 578 g/mol. The molecule has 0 bridgehead atoms. The molecular formula is C33H22Br2. The van der Waals surface area contributed by atoms with Crippen molar-refractivity contribution in [2.24, 2.45) is 0 Å². The van der Waals surface area contributed by atoms with Crippen LogP contribution in [0, 0.1) is 0 Å². The first-order chi connectivity index (χ1) is 17.1. The predicted molar refractivity (Wildman–Crippen MR) is 153 cm³/mol. The molecule has 2 heteroatoms. The van der Waals surface area contributed by atoms with Crippen LogP contribution in [0.5, 0.6) is 0 Å². The van der Waals surface area contributed by atoms with Crippen molar-refractivity contribution in [2.45, 2.75) is 18.3 Å². The van der Waals surface area contributed by atoms with Crippen molar-refractivity contribution in [2.75, 3.05) is 0 Å². The highest BCUT2D eigenvalue weighted by Crippen LogP contribution is 2.56. The molecule has 5 aromatic rings. The Morgan fingerprint density at radius 3 is 1.29 bits per heavy atom. The summed E-state index contributed by atoms with van der Waals surface area (Å²) in [7, 11) is 0. The van der Waals surface area contributed by atoms with E-state index in [-0.39, 0.29) is 5.41 Å². The van der Waals surface area contributed by atoms with Gasteiger partial charge in [-0.3, -0.25) is 0 Å². The predicted octanol–water partition coefficient (Wildman–Crippen LogP) is 9.61. The van der Waals surface area contributed by atoms with Crippen LogP contribution in [0.3, 0.4) is 0 Å². The van der Waals surface area contributed by atoms with Gasteiger partial charge in [-0.25, -0.2) is 0 Å². The second-order valence-corrected chi connectivity index (χ2v) is 11.6. The van der Waals surface area contributed by atoms with Crippen molar-refractivity contribution < 1.29 is 0 Å². The molecule has 2 aliphatic rings. The van der Waals surface area contributed by atoms with Crippen molar-refractivity contribution in [3.05, 3.63) is 140 Å². The molecule has 0 N–H and O–H groups in total.